The Morgan fingerprint density at radius 2 is 1.72 bits per heavy atom. The topological polar surface area (TPSA) is 132 Å². The summed E-state index contributed by atoms with van der Waals surface area (Å²) in [6, 6.07) is 13.4. The molecule has 0 atom stereocenters. The summed E-state index contributed by atoms with van der Waals surface area (Å²) in [5.41, 5.74) is 17.5. The van der Waals surface area contributed by atoms with E-state index in [0.717, 1.165) is 31.3 Å². The van der Waals surface area contributed by atoms with Crippen molar-refractivity contribution in [2.24, 2.45) is 11.5 Å². The quantitative estimate of drug-likeness (QED) is 0.248. The first-order chi connectivity index (χ1) is 20.8. The Morgan fingerprint density at radius 1 is 1.05 bits per heavy atom. The second-order valence-corrected chi connectivity index (χ2v) is 9.76. The molecule has 8 heteroatoms. The van der Waals surface area contributed by atoms with Gasteiger partial charge in [0, 0.05) is 43.1 Å². The van der Waals surface area contributed by atoms with E-state index < -0.39 is 0 Å². The molecule has 0 aromatic heterocycles. The summed E-state index contributed by atoms with van der Waals surface area (Å²) in [4.78, 5) is 16.3. The lowest BCUT2D eigenvalue weighted by atomic mass is 9.96. The van der Waals surface area contributed by atoms with Crippen LogP contribution in [0.15, 0.2) is 120 Å². The smallest absolute Gasteiger partial charge is 0.409 e. The molecule has 0 radical (unpaired) electrons. The van der Waals surface area contributed by atoms with E-state index in [1.807, 2.05) is 55.5 Å². The van der Waals surface area contributed by atoms with Crippen LogP contribution in [0.2, 0.25) is 0 Å². The third kappa shape index (κ3) is 10.3. The Labute approximate surface area is 256 Å². The SMILES string of the molecule is C=C(N)CC/C=C1\CCC(/C=C/C=C(C#N)/C(=C(/N)C#N)c2ccccc2)=C1N1CCN(C(=O)OCC)CC1.C=CC=C. The van der Waals surface area contributed by atoms with Gasteiger partial charge in [0.25, 0.3) is 0 Å². The number of carbonyl (C=O) groups excluding carboxylic acids is 1. The summed E-state index contributed by atoms with van der Waals surface area (Å²) >= 11 is 0. The molecule has 2 aliphatic rings. The Bertz CT molecular complexity index is 1390. The first-order valence-corrected chi connectivity index (χ1v) is 14.3. The molecule has 1 aromatic rings. The normalized spacial score (nSPS) is 16.5. The van der Waals surface area contributed by atoms with Gasteiger partial charge in [0.05, 0.1) is 18.2 Å². The Kier molecular flexibility index (Phi) is 14.4. The van der Waals surface area contributed by atoms with Gasteiger partial charge in [0.1, 0.15) is 11.8 Å². The van der Waals surface area contributed by atoms with Gasteiger partial charge >= 0.3 is 6.09 Å². The Hall–Kier alpha value is -5.21. The number of hydrogen-bond donors (Lipinski definition) is 2. The second kappa shape index (κ2) is 18.3. The van der Waals surface area contributed by atoms with Crippen molar-refractivity contribution in [1.82, 2.24) is 9.80 Å². The van der Waals surface area contributed by atoms with E-state index in [0.29, 0.717) is 55.2 Å². The standard InChI is InChI=1S/C31H36N6O2.C4H6/c1-3-39-31(38)37-19-17-36(18-20-37)30-25(12-7-9-23(2)34)15-16-26(30)13-8-14-27(21-32)29(28(35)22-33)24-10-5-4-6-11-24;1-3-4-2/h4-6,8,10-14H,2-3,7,9,15-20,34-35H2,1H3;3-4H,1-2H2/b13-8+,25-12+,27-14+,29-28+;. The van der Waals surface area contributed by atoms with Crippen LogP contribution in [-0.2, 0) is 4.74 Å². The van der Waals surface area contributed by atoms with E-state index in [4.69, 9.17) is 16.2 Å². The summed E-state index contributed by atoms with van der Waals surface area (Å²) in [5, 5.41) is 19.4. The number of allylic oxidation sites excluding steroid dienone is 12. The van der Waals surface area contributed by atoms with Crippen molar-refractivity contribution in [3.63, 3.8) is 0 Å². The lowest BCUT2D eigenvalue weighted by Gasteiger charge is -2.37. The second-order valence-electron chi connectivity index (χ2n) is 9.76. The van der Waals surface area contributed by atoms with Crippen molar-refractivity contribution < 1.29 is 9.53 Å². The number of piperazine rings is 1. The van der Waals surface area contributed by atoms with Gasteiger partial charge in [-0.05, 0) is 55.4 Å². The largest absolute Gasteiger partial charge is 0.450 e. The van der Waals surface area contributed by atoms with Crippen LogP contribution in [0.5, 0.6) is 0 Å². The molecular formula is C35H42N6O2. The van der Waals surface area contributed by atoms with Gasteiger partial charge in [-0.3, -0.25) is 0 Å². The number of benzene rings is 1. The number of carbonyl (C=O) groups is 1. The molecule has 3 rings (SSSR count). The summed E-state index contributed by atoms with van der Waals surface area (Å²) in [6.07, 6.45) is 14.1. The third-order valence-electron chi connectivity index (χ3n) is 6.82. The zero-order chi connectivity index (χ0) is 31.6. The van der Waals surface area contributed by atoms with E-state index in [1.165, 1.54) is 11.3 Å². The van der Waals surface area contributed by atoms with Gasteiger partial charge in [0.2, 0.25) is 0 Å². The average Bonchev–Trinajstić information content (AvgIpc) is 3.43. The van der Waals surface area contributed by atoms with E-state index in [2.05, 4.69) is 36.8 Å². The van der Waals surface area contributed by atoms with Crippen molar-refractivity contribution in [3.8, 4) is 12.1 Å². The molecule has 1 saturated heterocycles. The molecule has 0 spiro atoms. The van der Waals surface area contributed by atoms with Crippen LogP contribution in [0, 0.1) is 22.7 Å². The van der Waals surface area contributed by atoms with Crippen molar-refractivity contribution >= 4 is 11.7 Å². The van der Waals surface area contributed by atoms with Crippen LogP contribution >= 0.6 is 0 Å². The van der Waals surface area contributed by atoms with Crippen LogP contribution in [0.25, 0.3) is 5.57 Å². The van der Waals surface area contributed by atoms with Gasteiger partial charge in [-0.25, -0.2) is 4.79 Å². The Balaban J connectivity index is 0.00000151. The van der Waals surface area contributed by atoms with Gasteiger partial charge in [-0.15, -0.1) is 0 Å². The first-order valence-electron chi connectivity index (χ1n) is 14.3. The summed E-state index contributed by atoms with van der Waals surface area (Å²) in [6.45, 7) is 15.3. The molecule has 0 bridgehead atoms. The van der Waals surface area contributed by atoms with Crippen LogP contribution in [0.3, 0.4) is 0 Å². The summed E-state index contributed by atoms with van der Waals surface area (Å²) < 4.78 is 5.17. The number of rotatable bonds is 10. The van der Waals surface area contributed by atoms with Crippen molar-refractivity contribution in [2.75, 3.05) is 32.8 Å². The number of nitriles is 2. The summed E-state index contributed by atoms with van der Waals surface area (Å²) in [5.74, 6) is 0. The van der Waals surface area contributed by atoms with Crippen molar-refractivity contribution in [3.05, 3.63) is 126 Å². The monoisotopic (exact) mass is 578 g/mol. The number of nitrogens with two attached hydrogens (primary N) is 2. The molecule has 1 aliphatic carbocycles. The minimum absolute atomic E-state index is 0.00523. The van der Waals surface area contributed by atoms with Crippen LogP contribution in [0.1, 0.15) is 38.2 Å². The van der Waals surface area contributed by atoms with E-state index in [-0.39, 0.29) is 11.8 Å². The van der Waals surface area contributed by atoms with Crippen LogP contribution < -0.4 is 11.5 Å². The molecule has 43 heavy (non-hydrogen) atoms. The predicted molar refractivity (Wildman–Crippen MR) is 173 cm³/mol. The molecule has 0 unspecified atom stereocenters. The lowest BCUT2D eigenvalue weighted by molar-refractivity contribution is 0.0873. The minimum Gasteiger partial charge on any atom is -0.450 e. The van der Waals surface area contributed by atoms with Crippen LogP contribution in [0.4, 0.5) is 4.79 Å². The molecule has 4 N–H and O–H groups in total. The maximum atomic E-state index is 12.2. The van der Waals surface area contributed by atoms with Gasteiger partial charge in [-0.2, -0.15) is 10.5 Å². The highest BCUT2D eigenvalue weighted by molar-refractivity contribution is 5.86. The summed E-state index contributed by atoms with van der Waals surface area (Å²) in [7, 11) is 0. The fraction of sp³-hybridized carbons (Fsp3) is 0.286. The molecule has 1 fully saturated rings. The Morgan fingerprint density at radius 3 is 2.28 bits per heavy atom. The zero-order valence-electron chi connectivity index (χ0n) is 25.1. The minimum atomic E-state index is -0.275. The average molecular weight is 579 g/mol. The van der Waals surface area contributed by atoms with Crippen molar-refractivity contribution in [1.29, 1.82) is 10.5 Å². The molecule has 8 nitrogen and oxygen atoms in total. The number of amides is 1. The maximum Gasteiger partial charge on any atom is 0.409 e. The van der Waals surface area contributed by atoms with E-state index >= 15 is 0 Å². The zero-order valence-corrected chi connectivity index (χ0v) is 25.1. The first kappa shape index (κ1) is 34.0. The van der Waals surface area contributed by atoms with Gasteiger partial charge in [0.15, 0.2) is 0 Å². The highest BCUT2D eigenvalue weighted by atomic mass is 16.6. The number of nitrogens with zero attached hydrogens (tertiary/aromatic N) is 4. The molecule has 1 amide bonds. The van der Waals surface area contributed by atoms with E-state index in [9.17, 15) is 15.3 Å². The fourth-order valence-corrected chi connectivity index (χ4v) is 4.79. The number of hydrogen-bond acceptors (Lipinski definition) is 7. The van der Waals surface area contributed by atoms with Gasteiger partial charge in [-0.1, -0.05) is 80.4 Å². The molecule has 1 aliphatic heterocycles. The molecule has 224 valence electrons. The fourth-order valence-electron chi connectivity index (χ4n) is 4.79. The van der Waals surface area contributed by atoms with Gasteiger partial charge < -0.3 is 26.0 Å². The molecular weight excluding hydrogens is 536 g/mol. The maximum absolute atomic E-state index is 12.2. The molecule has 0 saturated carbocycles. The third-order valence-corrected chi connectivity index (χ3v) is 6.82. The highest BCUT2D eigenvalue weighted by Crippen LogP contribution is 2.36. The predicted octanol–water partition coefficient (Wildman–Crippen LogP) is 6.25. The van der Waals surface area contributed by atoms with Crippen LogP contribution in [-0.4, -0.2) is 48.7 Å². The highest BCUT2D eigenvalue weighted by Gasteiger charge is 2.28. The van der Waals surface area contributed by atoms with E-state index in [1.54, 1.807) is 23.1 Å². The number of ether oxygens (including phenoxy) is 1. The molecule has 1 aromatic carbocycles. The van der Waals surface area contributed by atoms with Crippen molar-refractivity contribution in [2.45, 2.75) is 32.6 Å². The molecule has 1 heterocycles. The lowest BCUT2D eigenvalue weighted by Crippen LogP contribution is -2.48.